The lowest BCUT2D eigenvalue weighted by Gasteiger charge is -2.27. The van der Waals surface area contributed by atoms with Crippen molar-refractivity contribution < 1.29 is 13.2 Å². The molecule has 0 aliphatic heterocycles. The van der Waals surface area contributed by atoms with Crippen molar-refractivity contribution in [3.05, 3.63) is 23.6 Å². The molecule has 2 rings (SSSR count). The number of halogens is 3. The molecule has 6 heteroatoms. The van der Waals surface area contributed by atoms with Crippen molar-refractivity contribution in [3.8, 4) is 0 Å². The van der Waals surface area contributed by atoms with Crippen LogP contribution in [0.25, 0.3) is 0 Å². The molecule has 1 saturated carbocycles. The fourth-order valence-electron chi connectivity index (χ4n) is 2.29. The summed E-state index contributed by atoms with van der Waals surface area (Å²) in [4.78, 5) is 3.26. The minimum atomic E-state index is -1.27. The average Bonchev–Trinajstić information content (AvgIpc) is 2.82. The number of hydrogen-bond acceptors (Lipinski definition) is 3. The van der Waals surface area contributed by atoms with E-state index in [2.05, 4.69) is 10.3 Å². The minimum Gasteiger partial charge on any atom is -0.366 e. The molecule has 1 aromatic rings. The molecule has 1 aromatic heterocycles. The molecule has 0 saturated heterocycles. The monoisotopic (exact) mass is 276 g/mol. The van der Waals surface area contributed by atoms with Gasteiger partial charge in [0.1, 0.15) is 0 Å². The van der Waals surface area contributed by atoms with Crippen LogP contribution in [0, 0.1) is 17.6 Å². The molecule has 100 valence electrons. The molecule has 0 unspecified atom stereocenters. The van der Waals surface area contributed by atoms with Gasteiger partial charge in [-0.3, -0.25) is 0 Å². The second-order valence-corrected chi connectivity index (χ2v) is 5.81. The molecule has 0 bridgehead atoms. The van der Waals surface area contributed by atoms with Crippen molar-refractivity contribution in [2.45, 2.75) is 30.4 Å². The van der Waals surface area contributed by atoms with E-state index in [0.29, 0.717) is 12.6 Å². The highest BCUT2D eigenvalue weighted by molar-refractivity contribution is 8.00. The van der Waals surface area contributed by atoms with Crippen LogP contribution in [0.4, 0.5) is 19.0 Å². The lowest BCUT2D eigenvalue weighted by atomic mass is 10.1. The van der Waals surface area contributed by atoms with Crippen LogP contribution in [0.5, 0.6) is 0 Å². The normalized spacial score (nSPS) is 18.0. The van der Waals surface area contributed by atoms with E-state index in [1.807, 2.05) is 6.26 Å². The molecule has 2 nitrogen and oxygen atoms in total. The number of thioether (sulfide) groups is 1. The molecule has 0 spiro atoms. The fourth-order valence-corrected chi connectivity index (χ4v) is 3.20. The highest BCUT2D eigenvalue weighted by Crippen LogP contribution is 2.40. The maximum Gasteiger partial charge on any atom is 0.251 e. The first-order valence-corrected chi connectivity index (χ1v) is 7.09. The van der Waals surface area contributed by atoms with Gasteiger partial charge >= 0.3 is 0 Å². The predicted molar refractivity (Wildman–Crippen MR) is 67.3 cm³/mol. The van der Waals surface area contributed by atoms with E-state index in [4.69, 9.17) is 0 Å². The van der Waals surface area contributed by atoms with E-state index in [1.165, 1.54) is 0 Å². The van der Waals surface area contributed by atoms with Gasteiger partial charge in [0.05, 0.1) is 0 Å². The number of pyridine rings is 1. The Kier molecular flexibility index (Phi) is 4.04. The van der Waals surface area contributed by atoms with Crippen LogP contribution in [0.3, 0.4) is 0 Å². The smallest absolute Gasteiger partial charge is 0.251 e. The zero-order chi connectivity index (χ0) is 13.2. The Balaban J connectivity index is 2.08. The van der Waals surface area contributed by atoms with E-state index < -0.39 is 17.6 Å². The third-order valence-electron chi connectivity index (χ3n) is 3.41. The maximum atomic E-state index is 13.4. The van der Waals surface area contributed by atoms with Crippen LogP contribution in [-0.4, -0.2) is 22.5 Å². The molecule has 0 radical (unpaired) electrons. The van der Waals surface area contributed by atoms with Crippen LogP contribution in [-0.2, 0) is 0 Å². The number of nitrogens with zero attached hydrogens (tertiary/aromatic N) is 1. The van der Waals surface area contributed by atoms with Gasteiger partial charge < -0.3 is 5.32 Å². The Hall–Kier alpha value is -0.910. The lowest BCUT2D eigenvalue weighted by Crippen LogP contribution is -2.30. The molecule has 0 aromatic carbocycles. The van der Waals surface area contributed by atoms with Crippen LogP contribution >= 0.6 is 11.8 Å². The fraction of sp³-hybridized carbons (Fsp3) is 0.583. The van der Waals surface area contributed by atoms with Crippen molar-refractivity contribution in [2.24, 2.45) is 0 Å². The molecule has 1 N–H and O–H groups in total. The molecule has 0 atom stereocenters. The molecule has 1 aliphatic rings. The average molecular weight is 276 g/mol. The first-order chi connectivity index (χ1) is 8.56. The van der Waals surface area contributed by atoms with Crippen molar-refractivity contribution in [2.75, 3.05) is 18.1 Å². The molecule has 1 aliphatic carbocycles. The topological polar surface area (TPSA) is 24.9 Å². The Labute approximate surface area is 108 Å². The highest BCUT2D eigenvalue weighted by Gasteiger charge is 2.33. The highest BCUT2D eigenvalue weighted by atomic mass is 32.2. The standard InChI is InChI=1S/C12H15F3N2S/c1-18-12(4-2-3-5-12)7-16-11-9(14)6-8(13)10(15)17-11/h6H,2-5,7H2,1H3,(H,16,17). The quantitative estimate of drug-likeness (QED) is 0.851. The van der Waals surface area contributed by atoms with Gasteiger partial charge in [0.15, 0.2) is 17.5 Å². The Morgan fingerprint density at radius 2 is 1.94 bits per heavy atom. The van der Waals surface area contributed by atoms with Crippen molar-refractivity contribution in [1.82, 2.24) is 4.98 Å². The summed E-state index contributed by atoms with van der Waals surface area (Å²) in [5.74, 6) is -3.61. The zero-order valence-corrected chi connectivity index (χ0v) is 10.9. The summed E-state index contributed by atoms with van der Waals surface area (Å²) in [6, 6.07) is 0.519. The van der Waals surface area contributed by atoms with Crippen LogP contribution in [0.2, 0.25) is 0 Å². The largest absolute Gasteiger partial charge is 0.366 e. The first kappa shape index (κ1) is 13.5. The van der Waals surface area contributed by atoms with E-state index in [9.17, 15) is 13.2 Å². The van der Waals surface area contributed by atoms with Crippen molar-refractivity contribution >= 4 is 17.6 Å². The van der Waals surface area contributed by atoms with Gasteiger partial charge in [-0.2, -0.15) is 21.1 Å². The summed E-state index contributed by atoms with van der Waals surface area (Å²) >= 11 is 1.73. The van der Waals surface area contributed by atoms with Gasteiger partial charge in [0, 0.05) is 17.4 Å². The summed E-state index contributed by atoms with van der Waals surface area (Å²) in [5, 5.41) is 2.80. The molecular formula is C12H15F3N2S. The van der Waals surface area contributed by atoms with Crippen LogP contribution in [0.1, 0.15) is 25.7 Å². The van der Waals surface area contributed by atoms with Gasteiger partial charge in [0.2, 0.25) is 0 Å². The van der Waals surface area contributed by atoms with Gasteiger partial charge in [-0.05, 0) is 19.1 Å². The zero-order valence-electron chi connectivity index (χ0n) is 10.1. The van der Waals surface area contributed by atoms with Gasteiger partial charge in [-0.15, -0.1) is 0 Å². The molecular weight excluding hydrogens is 261 g/mol. The summed E-state index contributed by atoms with van der Waals surface area (Å²) in [6.07, 6.45) is 6.41. The summed E-state index contributed by atoms with van der Waals surface area (Å²) in [7, 11) is 0. The van der Waals surface area contributed by atoms with E-state index >= 15 is 0 Å². The third kappa shape index (κ3) is 2.74. The summed E-state index contributed by atoms with van der Waals surface area (Å²) < 4.78 is 39.1. The number of rotatable bonds is 4. The molecule has 1 heterocycles. The second-order valence-electron chi connectivity index (χ2n) is 4.54. The van der Waals surface area contributed by atoms with Crippen LogP contribution < -0.4 is 5.32 Å². The van der Waals surface area contributed by atoms with E-state index in [1.54, 1.807) is 11.8 Å². The van der Waals surface area contributed by atoms with Gasteiger partial charge in [0.25, 0.3) is 5.95 Å². The van der Waals surface area contributed by atoms with Gasteiger partial charge in [-0.25, -0.2) is 8.78 Å². The Bertz CT molecular complexity index is 434. The summed E-state index contributed by atoms with van der Waals surface area (Å²) in [5.41, 5.74) is 0. The molecule has 0 amide bonds. The molecule has 18 heavy (non-hydrogen) atoms. The number of nitrogens with one attached hydrogen (secondary N) is 1. The first-order valence-electron chi connectivity index (χ1n) is 5.87. The lowest BCUT2D eigenvalue weighted by molar-refractivity contribution is 0.465. The van der Waals surface area contributed by atoms with E-state index in [-0.39, 0.29) is 10.6 Å². The number of hydrogen-bond donors (Lipinski definition) is 1. The SMILES string of the molecule is CSC1(CNc2nc(F)c(F)cc2F)CCCC1. The van der Waals surface area contributed by atoms with Gasteiger partial charge in [-0.1, -0.05) is 12.8 Å². The number of anilines is 1. The van der Waals surface area contributed by atoms with Crippen LogP contribution in [0.15, 0.2) is 6.07 Å². The maximum absolute atomic E-state index is 13.4. The minimum absolute atomic E-state index is 0.0545. The Morgan fingerprint density at radius 1 is 1.28 bits per heavy atom. The predicted octanol–water partition coefficient (Wildman–Crippen LogP) is 3.59. The number of aromatic nitrogens is 1. The second kappa shape index (κ2) is 5.38. The van der Waals surface area contributed by atoms with E-state index in [0.717, 1.165) is 25.7 Å². The van der Waals surface area contributed by atoms with Crippen molar-refractivity contribution in [1.29, 1.82) is 0 Å². The third-order valence-corrected chi connectivity index (χ3v) is 4.83. The summed E-state index contributed by atoms with van der Waals surface area (Å²) in [6.45, 7) is 0.517. The Morgan fingerprint density at radius 3 is 2.56 bits per heavy atom. The molecule has 1 fully saturated rings. The van der Waals surface area contributed by atoms with Crippen molar-refractivity contribution in [3.63, 3.8) is 0 Å².